The second kappa shape index (κ2) is 8.38. The Balaban J connectivity index is 1.62. The van der Waals surface area contributed by atoms with Crippen molar-refractivity contribution in [2.24, 2.45) is 0 Å². The predicted octanol–water partition coefficient (Wildman–Crippen LogP) is 6.28. The maximum Gasteiger partial charge on any atom is 0.434 e. The lowest BCUT2D eigenvalue weighted by atomic mass is 10.1. The number of fused-ring (bicyclic) bond motifs is 1. The van der Waals surface area contributed by atoms with Gasteiger partial charge < -0.3 is 9.30 Å². The first kappa shape index (κ1) is 22.0. The van der Waals surface area contributed by atoms with Gasteiger partial charge in [-0.05, 0) is 50.1 Å². The molecule has 1 atom stereocenters. The molecule has 10 heteroatoms. The standard InChI is InChI=1S/C22H19ClF3N5O/c1-12(2)31-11-17(22(24,25)26)28-19(31)15-8-6-14(7-9-15)13(3)32-20-16-5-4-10-27-18(16)29-21(23)30-20/h4-13H,1-3H3. The number of pyridine rings is 1. The largest absolute Gasteiger partial charge is 0.469 e. The van der Waals surface area contributed by atoms with Crippen molar-refractivity contribution in [2.45, 2.75) is 39.1 Å². The highest BCUT2D eigenvalue weighted by Crippen LogP contribution is 2.33. The van der Waals surface area contributed by atoms with E-state index in [1.54, 1.807) is 42.6 Å². The van der Waals surface area contributed by atoms with E-state index in [-0.39, 0.29) is 17.1 Å². The predicted molar refractivity (Wildman–Crippen MR) is 114 cm³/mol. The Morgan fingerprint density at radius 2 is 1.72 bits per heavy atom. The summed E-state index contributed by atoms with van der Waals surface area (Å²) in [7, 11) is 0. The van der Waals surface area contributed by atoms with Crippen LogP contribution in [-0.4, -0.2) is 24.5 Å². The van der Waals surface area contributed by atoms with Gasteiger partial charge in [0.1, 0.15) is 11.9 Å². The number of imidazole rings is 1. The number of halogens is 4. The third-order valence-electron chi connectivity index (χ3n) is 4.91. The molecule has 4 aromatic rings. The lowest BCUT2D eigenvalue weighted by molar-refractivity contribution is -0.140. The van der Waals surface area contributed by atoms with Crippen LogP contribution < -0.4 is 4.74 Å². The summed E-state index contributed by atoms with van der Waals surface area (Å²) in [6.45, 7) is 5.45. The van der Waals surface area contributed by atoms with E-state index in [1.807, 2.05) is 20.8 Å². The van der Waals surface area contributed by atoms with E-state index in [0.29, 0.717) is 22.5 Å². The van der Waals surface area contributed by atoms with Gasteiger partial charge in [-0.25, -0.2) is 9.97 Å². The Labute approximate surface area is 187 Å². The van der Waals surface area contributed by atoms with Crippen LogP contribution in [0.25, 0.3) is 22.4 Å². The molecule has 0 bridgehead atoms. The smallest absolute Gasteiger partial charge is 0.434 e. The first-order valence-electron chi connectivity index (χ1n) is 9.85. The average molecular weight is 462 g/mol. The number of hydrogen-bond donors (Lipinski definition) is 0. The molecule has 3 aromatic heterocycles. The number of hydrogen-bond acceptors (Lipinski definition) is 5. The van der Waals surface area contributed by atoms with E-state index < -0.39 is 18.0 Å². The van der Waals surface area contributed by atoms with E-state index >= 15 is 0 Å². The Morgan fingerprint density at radius 3 is 2.38 bits per heavy atom. The number of ether oxygens (including phenoxy) is 1. The molecule has 3 heterocycles. The Morgan fingerprint density at radius 1 is 1.00 bits per heavy atom. The SMILES string of the molecule is CC(Oc1nc(Cl)nc2ncccc12)c1ccc(-c2nc(C(F)(F)F)cn2C(C)C)cc1. The van der Waals surface area contributed by atoms with E-state index in [0.717, 1.165) is 11.8 Å². The van der Waals surface area contributed by atoms with Crippen molar-refractivity contribution < 1.29 is 17.9 Å². The van der Waals surface area contributed by atoms with Gasteiger partial charge in [-0.2, -0.15) is 23.1 Å². The molecule has 0 amide bonds. The molecule has 0 aliphatic carbocycles. The van der Waals surface area contributed by atoms with Crippen LogP contribution in [0.5, 0.6) is 5.88 Å². The number of rotatable bonds is 5. The van der Waals surface area contributed by atoms with Crippen molar-refractivity contribution in [3.05, 3.63) is 65.3 Å². The van der Waals surface area contributed by atoms with Gasteiger partial charge in [0.15, 0.2) is 11.3 Å². The second-order valence-electron chi connectivity index (χ2n) is 7.50. The van der Waals surface area contributed by atoms with Crippen LogP contribution in [0, 0.1) is 0 Å². The molecule has 4 rings (SSSR count). The zero-order valence-electron chi connectivity index (χ0n) is 17.4. The molecule has 0 saturated heterocycles. The molecule has 0 aliphatic rings. The number of nitrogens with zero attached hydrogens (tertiary/aromatic N) is 5. The Bertz CT molecular complexity index is 1250. The minimum Gasteiger partial charge on any atom is -0.469 e. The van der Waals surface area contributed by atoms with Crippen molar-refractivity contribution in [1.29, 1.82) is 0 Å². The maximum absolute atomic E-state index is 13.2. The molecular formula is C22H19ClF3N5O. The van der Waals surface area contributed by atoms with Crippen LogP contribution in [0.2, 0.25) is 5.28 Å². The summed E-state index contributed by atoms with van der Waals surface area (Å²) >= 11 is 5.98. The fourth-order valence-electron chi connectivity index (χ4n) is 3.28. The van der Waals surface area contributed by atoms with Crippen LogP contribution in [-0.2, 0) is 6.18 Å². The summed E-state index contributed by atoms with van der Waals surface area (Å²) < 4.78 is 47.0. The molecule has 0 fully saturated rings. The number of alkyl halides is 3. The van der Waals surface area contributed by atoms with Crippen molar-refractivity contribution in [3.8, 4) is 17.3 Å². The third-order valence-corrected chi connectivity index (χ3v) is 5.08. The number of benzene rings is 1. The highest BCUT2D eigenvalue weighted by Gasteiger charge is 2.35. The number of aromatic nitrogens is 5. The van der Waals surface area contributed by atoms with Gasteiger partial charge in [-0.15, -0.1) is 0 Å². The van der Waals surface area contributed by atoms with Crippen LogP contribution in [0.3, 0.4) is 0 Å². The molecule has 1 unspecified atom stereocenters. The summed E-state index contributed by atoms with van der Waals surface area (Å²) in [5, 5.41) is 0.647. The molecule has 1 aromatic carbocycles. The quantitative estimate of drug-likeness (QED) is 0.327. The van der Waals surface area contributed by atoms with Crippen molar-refractivity contribution in [3.63, 3.8) is 0 Å². The highest BCUT2D eigenvalue weighted by molar-refractivity contribution is 6.28. The van der Waals surface area contributed by atoms with E-state index in [2.05, 4.69) is 19.9 Å². The van der Waals surface area contributed by atoms with Gasteiger partial charge in [0, 0.05) is 24.0 Å². The van der Waals surface area contributed by atoms with Gasteiger partial charge >= 0.3 is 6.18 Å². The van der Waals surface area contributed by atoms with Crippen molar-refractivity contribution in [2.75, 3.05) is 0 Å². The van der Waals surface area contributed by atoms with Crippen molar-refractivity contribution >= 4 is 22.6 Å². The van der Waals surface area contributed by atoms with Crippen LogP contribution in [0.1, 0.15) is 44.2 Å². The van der Waals surface area contributed by atoms with E-state index in [9.17, 15) is 13.2 Å². The fourth-order valence-corrected chi connectivity index (χ4v) is 3.43. The topological polar surface area (TPSA) is 65.7 Å². The highest BCUT2D eigenvalue weighted by atomic mass is 35.5. The van der Waals surface area contributed by atoms with Gasteiger partial charge in [-0.3, -0.25) is 0 Å². The average Bonchev–Trinajstić information content (AvgIpc) is 3.20. The summed E-state index contributed by atoms with van der Waals surface area (Å²) in [6, 6.07) is 10.4. The molecule has 0 spiro atoms. The van der Waals surface area contributed by atoms with Gasteiger partial charge in [0.25, 0.3) is 0 Å². The Hall–Kier alpha value is -3.20. The monoisotopic (exact) mass is 461 g/mol. The zero-order chi connectivity index (χ0) is 23.0. The van der Waals surface area contributed by atoms with E-state index in [4.69, 9.17) is 16.3 Å². The fraction of sp³-hybridized carbons (Fsp3) is 0.273. The molecular weight excluding hydrogens is 443 g/mol. The zero-order valence-corrected chi connectivity index (χ0v) is 18.2. The summed E-state index contributed by atoms with van der Waals surface area (Å²) in [4.78, 5) is 16.2. The summed E-state index contributed by atoms with van der Waals surface area (Å²) in [5.74, 6) is 0.557. The molecule has 0 N–H and O–H groups in total. The third kappa shape index (κ3) is 4.38. The molecule has 32 heavy (non-hydrogen) atoms. The maximum atomic E-state index is 13.2. The minimum atomic E-state index is -4.51. The van der Waals surface area contributed by atoms with Crippen LogP contribution in [0.4, 0.5) is 13.2 Å². The molecule has 6 nitrogen and oxygen atoms in total. The lowest BCUT2D eigenvalue weighted by Gasteiger charge is -2.16. The molecule has 0 saturated carbocycles. The Kier molecular flexibility index (Phi) is 5.77. The van der Waals surface area contributed by atoms with Crippen LogP contribution in [0.15, 0.2) is 48.8 Å². The molecule has 0 radical (unpaired) electrons. The second-order valence-corrected chi connectivity index (χ2v) is 7.84. The summed E-state index contributed by atoms with van der Waals surface area (Å²) in [5.41, 5.74) is 0.887. The molecule has 166 valence electrons. The van der Waals surface area contributed by atoms with Crippen LogP contribution >= 0.6 is 11.6 Å². The summed E-state index contributed by atoms with van der Waals surface area (Å²) in [6.07, 6.45) is -2.28. The first-order valence-corrected chi connectivity index (χ1v) is 10.2. The molecule has 0 aliphatic heterocycles. The van der Waals surface area contributed by atoms with Gasteiger partial charge in [0.05, 0.1) is 5.39 Å². The van der Waals surface area contributed by atoms with Crippen molar-refractivity contribution in [1.82, 2.24) is 24.5 Å². The minimum absolute atomic E-state index is 0.0229. The van der Waals surface area contributed by atoms with Gasteiger partial charge in [-0.1, -0.05) is 24.3 Å². The van der Waals surface area contributed by atoms with E-state index in [1.165, 1.54) is 4.57 Å². The lowest BCUT2D eigenvalue weighted by Crippen LogP contribution is -2.06. The first-order chi connectivity index (χ1) is 15.1. The normalized spacial score (nSPS) is 13.0. The van der Waals surface area contributed by atoms with Gasteiger partial charge in [0.2, 0.25) is 11.2 Å².